The van der Waals surface area contributed by atoms with Crippen LogP contribution < -0.4 is 5.73 Å². The maximum absolute atomic E-state index is 12.7. The summed E-state index contributed by atoms with van der Waals surface area (Å²) in [6.07, 6.45) is 0.529. The number of carbonyl (C=O) groups excluding carboxylic acids is 2. The van der Waals surface area contributed by atoms with Crippen LogP contribution in [0, 0.1) is 5.92 Å². The molecular formula is C18H27N3O4. The molecule has 1 aromatic rings. The van der Waals surface area contributed by atoms with E-state index in [1.54, 1.807) is 23.1 Å². The average molecular weight is 349 g/mol. The maximum Gasteiger partial charge on any atom is 0.231 e. The molecule has 1 heterocycles. The number of aliphatic hydroxyl groups excluding tert-OH is 1. The van der Waals surface area contributed by atoms with Crippen LogP contribution in [0.25, 0.3) is 0 Å². The average Bonchev–Trinajstić information content (AvgIpc) is 2.59. The van der Waals surface area contributed by atoms with E-state index in [1.165, 1.54) is 6.07 Å². The minimum atomic E-state index is -0.842. The van der Waals surface area contributed by atoms with Gasteiger partial charge in [0.05, 0.1) is 19.2 Å². The Kier molecular flexibility index (Phi) is 6.78. The summed E-state index contributed by atoms with van der Waals surface area (Å²) in [5, 5.41) is 19.9. The summed E-state index contributed by atoms with van der Waals surface area (Å²) in [6, 6.07) is 6.44. The van der Waals surface area contributed by atoms with Crippen LogP contribution in [0.2, 0.25) is 0 Å². The summed E-state index contributed by atoms with van der Waals surface area (Å²) in [4.78, 5) is 27.3. The fourth-order valence-corrected chi connectivity index (χ4v) is 3.24. The molecule has 7 heteroatoms. The lowest BCUT2D eigenvalue weighted by atomic mass is 9.95. The van der Waals surface area contributed by atoms with Crippen molar-refractivity contribution in [2.24, 2.45) is 11.7 Å². The topological polar surface area (TPSA) is 107 Å². The molecule has 2 rings (SSSR count). The first kappa shape index (κ1) is 19.2. The molecule has 0 unspecified atom stereocenters. The molecule has 138 valence electrons. The number of nitrogens with zero attached hydrogens (tertiary/aromatic N) is 2. The van der Waals surface area contributed by atoms with Gasteiger partial charge in [-0.3, -0.25) is 14.5 Å². The molecule has 1 saturated heterocycles. The van der Waals surface area contributed by atoms with E-state index in [0.29, 0.717) is 38.0 Å². The number of primary amides is 1. The van der Waals surface area contributed by atoms with Gasteiger partial charge in [0.2, 0.25) is 11.8 Å². The van der Waals surface area contributed by atoms with E-state index in [1.807, 2.05) is 11.8 Å². The predicted octanol–water partition coefficient (Wildman–Crippen LogP) is 0.471. The number of aliphatic hydroxyl groups is 1. The van der Waals surface area contributed by atoms with Gasteiger partial charge in [0.1, 0.15) is 5.75 Å². The molecule has 0 aliphatic carbocycles. The molecule has 1 fully saturated rings. The Morgan fingerprint density at radius 2 is 2.04 bits per heavy atom. The summed E-state index contributed by atoms with van der Waals surface area (Å²) >= 11 is 0. The molecule has 2 amide bonds. The molecule has 0 radical (unpaired) electrons. The summed E-state index contributed by atoms with van der Waals surface area (Å²) in [5.74, 6) is -0.331. The minimum Gasteiger partial charge on any atom is -0.508 e. The molecular weight excluding hydrogens is 322 g/mol. The van der Waals surface area contributed by atoms with Gasteiger partial charge in [0.25, 0.3) is 0 Å². The second kappa shape index (κ2) is 8.82. The molecule has 0 bridgehead atoms. The highest BCUT2D eigenvalue weighted by molar-refractivity contribution is 5.79. The first-order chi connectivity index (χ1) is 11.9. The van der Waals surface area contributed by atoms with E-state index < -0.39 is 6.10 Å². The number of phenolic OH excluding ortho intramolecular Hbond substituents is 1. The number of piperidine rings is 1. The second-order valence-electron chi connectivity index (χ2n) is 6.50. The van der Waals surface area contributed by atoms with Gasteiger partial charge in [-0.25, -0.2) is 0 Å². The summed E-state index contributed by atoms with van der Waals surface area (Å²) < 4.78 is 0. The van der Waals surface area contributed by atoms with Gasteiger partial charge in [-0.05, 0) is 50.6 Å². The maximum atomic E-state index is 12.7. The van der Waals surface area contributed by atoms with Crippen molar-refractivity contribution in [3.8, 4) is 5.75 Å². The molecule has 1 aliphatic heterocycles. The van der Waals surface area contributed by atoms with Crippen molar-refractivity contribution < 1.29 is 19.8 Å². The number of aromatic hydroxyl groups is 1. The van der Waals surface area contributed by atoms with E-state index >= 15 is 0 Å². The smallest absolute Gasteiger partial charge is 0.231 e. The monoisotopic (exact) mass is 349 g/mol. The Balaban J connectivity index is 1.91. The lowest BCUT2D eigenvalue weighted by molar-refractivity contribution is -0.138. The molecule has 4 N–H and O–H groups in total. The molecule has 1 aromatic carbocycles. The standard InChI is InChI=1S/C18H27N3O4/c1-2-21(11-16(23)14-4-3-5-15(22)10-14)18(25)13-6-8-20(9-7-13)12-17(19)24/h3-5,10,13,16,22-23H,2,6-9,11-12H2,1H3,(H2,19,24)/t16-/m0/s1. The van der Waals surface area contributed by atoms with E-state index in [-0.39, 0.29) is 36.6 Å². The SMILES string of the molecule is CCN(C[C@H](O)c1cccc(O)c1)C(=O)C1CCN(CC(N)=O)CC1. The molecule has 1 aliphatic rings. The summed E-state index contributed by atoms with van der Waals surface area (Å²) in [5.41, 5.74) is 5.79. The third-order valence-electron chi connectivity index (χ3n) is 4.66. The number of phenols is 1. The lowest BCUT2D eigenvalue weighted by Crippen LogP contribution is -2.45. The van der Waals surface area contributed by atoms with Crippen LogP contribution >= 0.6 is 0 Å². The number of amides is 2. The fourth-order valence-electron chi connectivity index (χ4n) is 3.24. The van der Waals surface area contributed by atoms with Gasteiger partial charge in [0, 0.05) is 12.5 Å². The van der Waals surface area contributed by atoms with E-state index in [2.05, 4.69) is 0 Å². The van der Waals surface area contributed by atoms with E-state index in [0.717, 1.165) is 0 Å². The predicted molar refractivity (Wildman–Crippen MR) is 93.7 cm³/mol. The third-order valence-corrected chi connectivity index (χ3v) is 4.66. The summed E-state index contributed by atoms with van der Waals surface area (Å²) in [6.45, 7) is 4.17. The van der Waals surface area contributed by atoms with Crippen molar-refractivity contribution in [3.63, 3.8) is 0 Å². The van der Waals surface area contributed by atoms with Crippen molar-refractivity contribution in [1.82, 2.24) is 9.80 Å². The van der Waals surface area contributed by atoms with E-state index in [9.17, 15) is 19.8 Å². The molecule has 25 heavy (non-hydrogen) atoms. The molecule has 0 aromatic heterocycles. The van der Waals surface area contributed by atoms with Crippen molar-refractivity contribution in [1.29, 1.82) is 0 Å². The van der Waals surface area contributed by atoms with Crippen LogP contribution in [0.5, 0.6) is 5.75 Å². The quantitative estimate of drug-likeness (QED) is 0.663. The number of rotatable bonds is 7. The molecule has 0 spiro atoms. The van der Waals surface area contributed by atoms with Gasteiger partial charge >= 0.3 is 0 Å². The number of hydrogen-bond acceptors (Lipinski definition) is 5. The third kappa shape index (κ3) is 5.44. The van der Waals surface area contributed by atoms with E-state index in [4.69, 9.17) is 5.73 Å². The van der Waals surface area contributed by atoms with Crippen molar-refractivity contribution in [2.75, 3.05) is 32.7 Å². The number of likely N-dealkylation sites (tertiary alicyclic amines) is 1. The van der Waals surface area contributed by atoms with Gasteiger partial charge in [-0.2, -0.15) is 0 Å². The number of carbonyl (C=O) groups is 2. The zero-order chi connectivity index (χ0) is 18.4. The highest BCUT2D eigenvalue weighted by Crippen LogP contribution is 2.23. The van der Waals surface area contributed by atoms with Crippen molar-refractivity contribution in [2.45, 2.75) is 25.9 Å². The zero-order valence-electron chi connectivity index (χ0n) is 14.6. The normalized spacial score (nSPS) is 17.2. The van der Waals surface area contributed by atoms with Gasteiger partial charge in [-0.15, -0.1) is 0 Å². The molecule has 1 atom stereocenters. The van der Waals surface area contributed by atoms with Crippen molar-refractivity contribution >= 4 is 11.8 Å². The lowest BCUT2D eigenvalue weighted by Gasteiger charge is -2.34. The van der Waals surface area contributed by atoms with Gasteiger partial charge in [-0.1, -0.05) is 12.1 Å². The Morgan fingerprint density at radius 1 is 1.36 bits per heavy atom. The highest BCUT2D eigenvalue weighted by Gasteiger charge is 2.29. The summed E-state index contributed by atoms with van der Waals surface area (Å²) in [7, 11) is 0. The van der Waals surface area contributed by atoms with Gasteiger partial charge in [0.15, 0.2) is 0 Å². The van der Waals surface area contributed by atoms with Crippen LogP contribution in [0.1, 0.15) is 31.4 Å². The van der Waals surface area contributed by atoms with Crippen LogP contribution in [0.15, 0.2) is 24.3 Å². The van der Waals surface area contributed by atoms with Crippen LogP contribution in [-0.2, 0) is 9.59 Å². The Hall–Kier alpha value is -2.12. The van der Waals surface area contributed by atoms with Crippen molar-refractivity contribution in [3.05, 3.63) is 29.8 Å². The van der Waals surface area contributed by atoms with Crippen LogP contribution in [-0.4, -0.2) is 64.6 Å². The largest absolute Gasteiger partial charge is 0.508 e. The first-order valence-electron chi connectivity index (χ1n) is 8.67. The van der Waals surface area contributed by atoms with Crippen LogP contribution in [0.3, 0.4) is 0 Å². The zero-order valence-corrected chi connectivity index (χ0v) is 14.6. The first-order valence-corrected chi connectivity index (χ1v) is 8.67. The molecule has 7 nitrogen and oxygen atoms in total. The Labute approximate surface area is 148 Å². The van der Waals surface area contributed by atoms with Crippen LogP contribution in [0.4, 0.5) is 0 Å². The fraction of sp³-hybridized carbons (Fsp3) is 0.556. The Morgan fingerprint density at radius 3 is 2.60 bits per heavy atom. The number of hydrogen-bond donors (Lipinski definition) is 3. The number of nitrogens with two attached hydrogens (primary N) is 1. The number of benzene rings is 1. The molecule has 0 saturated carbocycles. The number of likely N-dealkylation sites (N-methyl/N-ethyl adjacent to an activating group) is 1. The second-order valence-corrected chi connectivity index (χ2v) is 6.50. The highest BCUT2D eigenvalue weighted by atomic mass is 16.3. The van der Waals surface area contributed by atoms with Gasteiger partial charge < -0.3 is 20.8 Å². The minimum absolute atomic E-state index is 0.0282. The Bertz CT molecular complexity index is 600.